The van der Waals surface area contributed by atoms with Crippen molar-refractivity contribution in [3.63, 3.8) is 0 Å². The molecule has 1 aliphatic heterocycles. The average molecular weight is 502 g/mol. The van der Waals surface area contributed by atoms with Gasteiger partial charge in [-0.2, -0.15) is 0 Å². The molecule has 1 saturated heterocycles. The van der Waals surface area contributed by atoms with Crippen molar-refractivity contribution in [2.75, 3.05) is 13.2 Å². The first-order valence-corrected chi connectivity index (χ1v) is 10.6. The number of carboxylic acids is 1. The summed E-state index contributed by atoms with van der Waals surface area (Å²) in [5, 5.41) is 12.6. The first-order chi connectivity index (χ1) is 13.3. The van der Waals surface area contributed by atoms with Crippen molar-refractivity contribution in [2.24, 2.45) is 0 Å². The molecule has 1 heterocycles. The Hall–Kier alpha value is -1.68. The van der Waals surface area contributed by atoms with Gasteiger partial charge in [0.15, 0.2) is 3.55 Å². The van der Waals surface area contributed by atoms with Crippen molar-refractivity contribution < 1.29 is 24.2 Å². The average Bonchev–Trinajstić information content (AvgIpc) is 3.08. The number of hydrogen-bond acceptors (Lipinski definition) is 5. The molecule has 154 valence electrons. The maximum atomic E-state index is 12.9. The largest absolute Gasteiger partial charge is 0.479 e. The number of carboxylic acid groups (broad SMARTS) is 1. The minimum atomic E-state index is -1.23. The first kappa shape index (κ1) is 22.6. The number of carbonyl (C=O) groups is 3. The van der Waals surface area contributed by atoms with Crippen LogP contribution in [0, 0.1) is 0 Å². The summed E-state index contributed by atoms with van der Waals surface area (Å²) in [5.41, 5.74) is 1.09. The smallest absolute Gasteiger partial charge is 0.340 e. The zero-order chi connectivity index (χ0) is 20.7. The van der Waals surface area contributed by atoms with E-state index in [0.717, 1.165) is 5.56 Å². The highest BCUT2D eigenvalue weighted by molar-refractivity contribution is 14.1. The molecule has 0 saturated carbocycles. The van der Waals surface area contributed by atoms with Crippen LogP contribution in [0.4, 0.5) is 0 Å². The number of benzene rings is 1. The Kier molecular flexibility index (Phi) is 8.23. The second-order valence-electron chi connectivity index (χ2n) is 6.88. The molecule has 1 aromatic rings. The molecular formula is C20H27IN2O5. The highest BCUT2D eigenvalue weighted by Crippen LogP contribution is 2.36. The van der Waals surface area contributed by atoms with Gasteiger partial charge < -0.3 is 14.7 Å². The molecule has 1 fully saturated rings. The lowest BCUT2D eigenvalue weighted by Gasteiger charge is -2.32. The van der Waals surface area contributed by atoms with Crippen LogP contribution in [0.15, 0.2) is 30.3 Å². The third-order valence-electron chi connectivity index (χ3n) is 4.87. The topological polar surface area (TPSA) is 95.9 Å². The van der Waals surface area contributed by atoms with Gasteiger partial charge in [0.05, 0.1) is 12.6 Å². The van der Waals surface area contributed by atoms with Crippen molar-refractivity contribution in [3.8, 4) is 0 Å². The first-order valence-electron chi connectivity index (χ1n) is 9.50. The van der Waals surface area contributed by atoms with E-state index in [-0.39, 0.29) is 12.5 Å². The molecule has 0 bridgehead atoms. The van der Waals surface area contributed by atoms with Crippen molar-refractivity contribution in [3.05, 3.63) is 35.9 Å². The normalized spacial score (nSPS) is 21.2. The standard InChI is InChI=1S/C20H27IN2O5/c1-3-28-18(25)16(11-10-15-8-5-4-6-9-15)22-14(2)17(24)23-13-7-12-20(23,21)19(26)27/h4-6,8-9,14,16,22H,3,7,10-13H2,1-2H3,(H,26,27)/t14-,16-,20-/m0/s1. The van der Waals surface area contributed by atoms with Gasteiger partial charge in [-0.1, -0.05) is 30.3 Å². The van der Waals surface area contributed by atoms with Gasteiger partial charge in [-0.05, 0) is 67.7 Å². The monoisotopic (exact) mass is 502 g/mol. The van der Waals surface area contributed by atoms with Crippen molar-refractivity contribution in [1.29, 1.82) is 0 Å². The van der Waals surface area contributed by atoms with E-state index in [1.54, 1.807) is 13.8 Å². The molecule has 1 aromatic carbocycles. The molecule has 0 unspecified atom stereocenters. The van der Waals surface area contributed by atoms with Gasteiger partial charge in [0.2, 0.25) is 5.91 Å². The number of esters is 1. The van der Waals surface area contributed by atoms with Gasteiger partial charge in [-0.25, -0.2) is 4.79 Å². The Bertz CT molecular complexity index is 699. The number of rotatable bonds is 9. The SMILES string of the molecule is CCOC(=O)[C@H](CCc1ccccc1)N[C@@H](C)C(=O)N1CCC[C@@]1(I)C(=O)O. The number of ether oxygens (including phenoxy) is 1. The zero-order valence-electron chi connectivity index (χ0n) is 16.2. The number of halogens is 1. The van der Waals surface area contributed by atoms with Crippen molar-refractivity contribution in [2.45, 2.75) is 55.2 Å². The van der Waals surface area contributed by atoms with Gasteiger partial charge >= 0.3 is 11.9 Å². The molecule has 0 spiro atoms. The molecule has 3 atom stereocenters. The maximum Gasteiger partial charge on any atom is 0.340 e. The number of aryl methyl sites for hydroxylation is 1. The van der Waals surface area contributed by atoms with E-state index >= 15 is 0 Å². The zero-order valence-corrected chi connectivity index (χ0v) is 18.3. The fraction of sp³-hybridized carbons (Fsp3) is 0.550. The highest BCUT2D eigenvalue weighted by Gasteiger charge is 2.49. The predicted molar refractivity (Wildman–Crippen MR) is 113 cm³/mol. The minimum absolute atomic E-state index is 0.257. The molecular weight excluding hydrogens is 475 g/mol. The molecule has 7 nitrogen and oxygen atoms in total. The van der Waals surface area contributed by atoms with Crippen molar-refractivity contribution in [1.82, 2.24) is 10.2 Å². The van der Waals surface area contributed by atoms with E-state index in [2.05, 4.69) is 5.32 Å². The van der Waals surface area contributed by atoms with Crippen LogP contribution in [0.1, 0.15) is 38.7 Å². The molecule has 1 aliphatic rings. The fourth-order valence-electron chi connectivity index (χ4n) is 3.37. The van der Waals surface area contributed by atoms with Gasteiger partial charge in [0.1, 0.15) is 6.04 Å². The number of amides is 1. The summed E-state index contributed by atoms with van der Waals surface area (Å²) >= 11 is 1.84. The summed E-state index contributed by atoms with van der Waals surface area (Å²) in [5.74, 6) is -1.74. The van der Waals surface area contributed by atoms with E-state index in [0.29, 0.717) is 32.2 Å². The number of nitrogens with one attached hydrogen (secondary N) is 1. The Balaban J connectivity index is 2.06. The quantitative estimate of drug-likeness (QED) is 0.233. The van der Waals surface area contributed by atoms with E-state index in [9.17, 15) is 19.5 Å². The van der Waals surface area contributed by atoms with E-state index in [1.807, 2.05) is 52.9 Å². The fourth-order valence-corrected chi connectivity index (χ4v) is 4.23. The van der Waals surface area contributed by atoms with Crippen LogP contribution in [0.25, 0.3) is 0 Å². The molecule has 8 heteroatoms. The lowest BCUT2D eigenvalue weighted by Crippen LogP contribution is -2.56. The highest BCUT2D eigenvalue weighted by atomic mass is 127. The van der Waals surface area contributed by atoms with E-state index < -0.39 is 27.6 Å². The number of alkyl halides is 1. The van der Waals surface area contributed by atoms with Crippen LogP contribution in [-0.2, 0) is 25.5 Å². The lowest BCUT2D eigenvalue weighted by atomic mass is 10.0. The van der Waals surface area contributed by atoms with Crippen LogP contribution in [0.5, 0.6) is 0 Å². The van der Waals surface area contributed by atoms with Crippen LogP contribution in [0.3, 0.4) is 0 Å². The molecule has 28 heavy (non-hydrogen) atoms. The van der Waals surface area contributed by atoms with Crippen LogP contribution < -0.4 is 5.32 Å². The van der Waals surface area contributed by atoms with Gasteiger partial charge in [-0.15, -0.1) is 0 Å². The number of aliphatic carboxylic acids is 1. The lowest BCUT2D eigenvalue weighted by molar-refractivity contribution is -0.151. The molecule has 0 aliphatic carbocycles. The summed E-state index contributed by atoms with van der Waals surface area (Å²) < 4.78 is 3.93. The predicted octanol–water partition coefficient (Wildman–Crippen LogP) is 2.37. The molecule has 0 radical (unpaired) electrons. The van der Waals surface area contributed by atoms with Gasteiger partial charge in [-0.3, -0.25) is 14.9 Å². The third kappa shape index (κ3) is 5.44. The second kappa shape index (κ2) is 10.2. The summed E-state index contributed by atoms with van der Waals surface area (Å²) in [7, 11) is 0. The summed E-state index contributed by atoms with van der Waals surface area (Å²) in [6, 6.07) is 8.43. The minimum Gasteiger partial charge on any atom is -0.479 e. The Morgan fingerprint density at radius 3 is 2.61 bits per heavy atom. The molecule has 2 N–H and O–H groups in total. The number of hydrogen-bond donors (Lipinski definition) is 2. The number of likely N-dealkylation sites (tertiary alicyclic amines) is 1. The molecule has 0 aromatic heterocycles. The third-order valence-corrected chi connectivity index (χ3v) is 6.45. The number of carbonyl (C=O) groups excluding carboxylic acids is 2. The maximum absolute atomic E-state index is 12.9. The summed E-state index contributed by atoms with van der Waals surface area (Å²) in [4.78, 5) is 38.3. The Morgan fingerprint density at radius 2 is 2.00 bits per heavy atom. The van der Waals surface area contributed by atoms with Crippen LogP contribution in [0.2, 0.25) is 0 Å². The second-order valence-corrected chi connectivity index (χ2v) is 8.66. The van der Waals surface area contributed by atoms with Crippen molar-refractivity contribution >= 4 is 40.4 Å². The summed E-state index contributed by atoms with van der Waals surface area (Å²) in [6.07, 6.45) is 2.20. The van der Waals surface area contributed by atoms with E-state index in [1.165, 1.54) is 4.90 Å². The molecule has 1 amide bonds. The Labute approximate surface area is 178 Å². The van der Waals surface area contributed by atoms with Gasteiger partial charge in [0, 0.05) is 6.54 Å². The Morgan fingerprint density at radius 1 is 1.32 bits per heavy atom. The van der Waals surface area contributed by atoms with E-state index in [4.69, 9.17) is 4.74 Å². The number of nitrogens with zero attached hydrogens (tertiary/aromatic N) is 1. The molecule has 2 rings (SSSR count). The summed E-state index contributed by atoms with van der Waals surface area (Å²) in [6.45, 7) is 4.05. The van der Waals surface area contributed by atoms with Gasteiger partial charge in [0.25, 0.3) is 0 Å². The van der Waals surface area contributed by atoms with Crippen LogP contribution >= 0.6 is 22.6 Å². The van der Waals surface area contributed by atoms with Crippen LogP contribution in [-0.4, -0.2) is 56.6 Å².